The molecule has 4 fully saturated rings. The van der Waals surface area contributed by atoms with Gasteiger partial charge in [-0.3, -0.25) is 29.2 Å². The van der Waals surface area contributed by atoms with Crippen LogP contribution in [0.15, 0.2) is 0 Å². The second-order valence-electron chi connectivity index (χ2n) is 8.66. The van der Waals surface area contributed by atoms with E-state index in [4.69, 9.17) is 0 Å². The number of unbranched alkanes of at least 4 members (excludes halogenated alkanes) is 4. The maximum absolute atomic E-state index is 13.7. The van der Waals surface area contributed by atoms with Crippen molar-refractivity contribution in [3.8, 4) is 0 Å². The van der Waals surface area contributed by atoms with Crippen molar-refractivity contribution < 1.29 is 9.59 Å². The predicted molar refractivity (Wildman–Crippen MR) is 112 cm³/mol. The van der Waals surface area contributed by atoms with Crippen LogP contribution in [-0.2, 0) is 9.59 Å². The van der Waals surface area contributed by atoms with Crippen LogP contribution in [0.4, 0.5) is 0 Å². The molecule has 0 amide bonds. The second kappa shape index (κ2) is 9.79. The van der Waals surface area contributed by atoms with Crippen LogP contribution in [0.2, 0.25) is 0 Å². The van der Waals surface area contributed by atoms with E-state index in [9.17, 15) is 9.59 Å². The number of nitrogens with zero attached hydrogens (tertiary/aromatic N) is 4. The molecule has 4 aliphatic rings. The van der Waals surface area contributed by atoms with E-state index in [1.807, 2.05) is 0 Å². The standard InChI is InChI=1S/C22H40N4O2/c1-5-9-13-23-19-17(27)22-25(15-11-7-3)20(23)18(28)21(24(19)14-10-6-2)26(22)16-12-8-4/h19-22H,5-16H2,1-4H3. The van der Waals surface area contributed by atoms with E-state index in [1.54, 1.807) is 0 Å². The number of hydrogen-bond acceptors (Lipinski definition) is 6. The van der Waals surface area contributed by atoms with Gasteiger partial charge >= 0.3 is 0 Å². The largest absolute Gasteiger partial charge is 0.293 e. The molecule has 0 aromatic carbocycles. The Balaban J connectivity index is 1.97. The van der Waals surface area contributed by atoms with E-state index < -0.39 is 0 Å². The van der Waals surface area contributed by atoms with E-state index in [1.165, 1.54) is 0 Å². The molecular formula is C22H40N4O2. The molecule has 0 aromatic heterocycles. The van der Waals surface area contributed by atoms with Gasteiger partial charge in [-0.05, 0) is 25.7 Å². The predicted octanol–water partition coefficient (Wildman–Crippen LogP) is 2.88. The van der Waals surface area contributed by atoms with Gasteiger partial charge in [0, 0.05) is 26.2 Å². The number of Topliss-reactive ketones (excluding diaryl/α,β-unsaturated/α-hetero) is 2. The smallest absolute Gasteiger partial charge is 0.196 e. The fraction of sp³-hybridized carbons (Fsp3) is 0.909. The summed E-state index contributed by atoms with van der Waals surface area (Å²) >= 11 is 0. The van der Waals surface area contributed by atoms with Crippen LogP contribution in [-0.4, -0.2) is 82.0 Å². The molecule has 4 aliphatic heterocycles. The average molecular weight is 393 g/mol. The number of ketones is 2. The lowest BCUT2D eigenvalue weighted by atomic mass is 9.88. The minimum atomic E-state index is -0.202. The maximum Gasteiger partial charge on any atom is 0.196 e. The molecule has 160 valence electrons. The highest BCUT2D eigenvalue weighted by Crippen LogP contribution is 2.41. The Hall–Kier alpha value is -0.820. The Morgan fingerprint density at radius 2 is 0.714 bits per heavy atom. The Morgan fingerprint density at radius 1 is 0.500 bits per heavy atom. The van der Waals surface area contributed by atoms with Crippen LogP contribution < -0.4 is 0 Å². The first-order chi connectivity index (χ1) is 13.6. The molecule has 4 rings (SSSR count). The van der Waals surface area contributed by atoms with Gasteiger partial charge in [0.05, 0.1) is 0 Å². The third-order valence-electron chi connectivity index (χ3n) is 6.61. The van der Waals surface area contributed by atoms with Gasteiger partial charge < -0.3 is 0 Å². The Labute approximate surface area is 171 Å². The lowest BCUT2D eigenvalue weighted by Gasteiger charge is -2.67. The van der Waals surface area contributed by atoms with Crippen molar-refractivity contribution >= 4 is 11.6 Å². The highest BCUT2D eigenvalue weighted by atomic mass is 16.2. The monoisotopic (exact) mass is 392 g/mol. The number of carbonyl (C=O) groups is 2. The Morgan fingerprint density at radius 3 is 0.893 bits per heavy atom. The first kappa shape index (κ1) is 21.9. The molecule has 28 heavy (non-hydrogen) atoms. The minimum absolute atomic E-state index is 0.202. The fourth-order valence-electron chi connectivity index (χ4n) is 5.21. The molecule has 0 aliphatic carbocycles. The zero-order valence-corrected chi connectivity index (χ0v) is 18.4. The lowest BCUT2D eigenvalue weighted by molar-refractivity contribution is -0.245. The van der Waals surface area contributed by atoms with Gasteiger partial charge in [-0.1, -0.05) is 53.4 Å². The molecule has 6 heteroatoms. The number of carbonyl (C=O) groups excluding carboxylic acids is 2. The van der Waals surface area contributed by atoms with Crippen LogP contribution in [0, 0.1) is 0 Å². The van der Waals surface area contributed by atoms with Crippen LogP contribution in [0.25, 0.3) is 0 Å². The number of rotatable bonds is 12. The van der Waals surface area contributed by atoms with Crippen molar-refractivity contribution in [2.24, 2.45) is 0 Å². The first-order valence-corrected chi connectivity index (χ1v) is 11.7. The molecule has 4 heterocycles. The van der Waals surface area contributed by atoms with Crippen LogP contribution in [0.3, 0.4) is 0 Å². The Kier molecular flexibility index (Phi) is 7.65. The summed E-state index contributed by atoms with van der Waals surface area (Å²) in [6.07, 6.45) is 7.65. The molecule has 4 bridgehead atoms. The van der Waals surface area contributed by atoms with Crippen molar-refractivity contribution in [3.63, 3.8) is 0 Å². The molecule has 0 unspecified atom stereocenters. The van der Waals surface area contributed by atoms with Gasteiger partial charge in [0.1, 0.15) is 24.7 Å². The molecule has 0 aromatic rings. The van der Waals surface area contributed by atoms with Gasteiger partial charge in [0.2, 0.25) is 0 Å². The maximum atomic E-state index is 13.7. The highest BCUT2D eigenvalue weighted by molar-refractivity contribution is 6.00. The quantitative estimate of drug-likeness (QED) is 0.509. The lowest BCUT2D eigenvalue weighted by Crippen LogP contribution is -2.89. The number of hydrogen-bond donors (Lipinski definition) is 0. The summed E-state index contributed by atoms with van der Waals surface area (Å²) in [7, 11) is 0. The van der Waals surface area contributed by atoms with E-state index >= 15 is 0 Å². The normalized spacial score (nSPS) is 31.4. The molecule has 6 nitrogen and oxygen atoms in total. The van der Waals surface area contributed by atoms with E-state index in [0.29, 0.717) is 11.6 Å². The minimum Gasteiger partial charge on any atom is -0.293 e. The molecular weight excluding hydrogens is 352 g/mol. The van der Waals surface area contributed by atoms with Gasteiger partial charge in [0.25, 0.3) is 0 Å². The first-order valence-electron chi connectivity index (χ1n) is 11.7. The summed E-state index contributed by atoms with van der Waals surface area (Å²) in [4.78, 5) is 36.4. The van der Waals surface area contributed by atoms with Gasteiger partial charge in [-0.15, -0.1) is 0 Å². The third-order valence-corrected chi connectivity index (χ3v) is 6.61. The summed E-state index contributed by atoms with van der Waals surface area (Å²) in [6, 6.07) is 0. The molecule has 0 N–H and O–H groups in total. The van der Waals surface area contributed by atoms with Gasteiger partial charge in [-0.2, -0.15) is 0 Å². The molecule has 0 saturated carbocycles. The van der Waals surface area contributed by atoms with E-state index in [-0.39, 0.29) is 24.7 Å². The van der Waals surface area contributed by atoms with Crippen molar-refractivity contribution in [3.05, 3.63) is 0 Å². The van der Waals surface area contributed by atoms with Crippen molar-refractivity contribution in [1.29, 1.82) is 0 Å². The van der Waals surface area contributed by atoms with Gasteiger partial charge in [-0.25, -0.2) is 0 Å². The van der Waals surface area contributed by atoms with Crippen molar-refractivity contribution in [2.75, 3.05) is 26.2 Å². The summed E-state index contributed by atoms with van der Waals surface area (Å²) in [5.74, 6) is 0.610. The zero-order valence-electron chi connectivity index (χ0n) is 18.4. The summed E-state index contributed by atoms with van der Waals surface area (Å²) in [5, 5.41) is 0. The van der Waals surface area contributed by atoms with Crippen LogP contribution in [0.1, 0.15) is 79.1 Å². The van der Waals surface area contributed by atoms with Gasteiger partial charge in [0.15, 0.2) is 11.6 Å². The Bertz CT molecular complexity index is 447. The summed E-state index contributed by atoms with van der Waals surface area (Å²) < 4.78 is 0. The van der Waals surface area contributed by atoms with E-state index in [2.05, 4.69) is 47.3 Å². The van der Waals surface area contributed by atoms with Crippen LogP contribution >= 0.6 is 0 Å². The summed E-state index contributed by atoms with van der Waals surface area (Å²) in [6.45, 7) is 12.1. The SMILES string of the molecule is CCCCN1C2C(=O)C3N(CCCC)C1C(=O)C(N2CCCC)N3CCCC. The van der Waals surface area contributed by atoms with E-state index in [0.717, 1.165) is 77.5 Å². The second-order valence-corrected chi connectivity index (χ2v) is 8.66. The molecule has 4 saturated heterocycles. The molecule has 0 radical (unpaired) electrons. The van der Waals surface area contributed by atoms with Crippen LogP contribution in [0.5, 0.6) is 0 Å². The van der Waals surface area contributed by atoms with Crippen molar-refractivity contribution in [1.82, 2.24) is 19.6 Å². The molecule has 0 spiro atoms. The molecule has 0 atom stereocenters. The highest BCUT2D eigenvalue weighted by Gasteiger charge is 2.66. The average Bonchev–Trinajstić information content (AvgIpc) is 2.69. The fourth-order valence-corrected chi connectivity index (χ4v) is 5.21. The zero-order chi connectivity index (χ0) is 20.3. The topological polar surface area (TPSA) is 47.1 Å². The summed E-state index contributed by atoms with van der Waals surface area (Å²) in [5.41, 5.74) is 0. The third kappa shape index (κ3) is 3.69. The van der Waals surface area contributed by atoms with Crippen molar-refractivity contribution in [2.45, 2.75) is 104 Å².